The molecule has 4 nitrogen and oxygen atoms in total. The molecule has 0 bridgehead atoms. The van der Waals surface area contributed by atoms with E-state index in [1.54, 1.807) is 0 Å². The van der Waals surface area contributed by atoms with E-state index >= 15 is 0 Å². The summed E-state index contributed by atoms with van der Waals surface area (Å²) in [5.41, 5.74) is -1.05. The maximum Gasteiger partial charge on any atom is 0.375 e. The molecule has 0 aliphatic carbocycles. The van der Waals surface area contributed by atoms with Gasteiger partial charge >= 0.3 is 5.65 Å². The second kappa shape index (κ2) is 9.02. The first-order valence-electron chi connectivity index (χ1n) is 11.5. The van der Waals surface area contributed by atoms with Gasteiger partial charge in [-0.3, -0.25) is 0 Å². The molecule has 1 saturated heterocycles. The zero-order chi connectivity index (χ0) is 23.7. The lowest BCUT2D eigenvalue weighted by atomic mass is 9.79. The molecule has 1 N–H and O–H groups in total. The fraction of sp³-hybridized carbons (Fsp3) is 0.321. The highest BCUT2D eigenvalue weighted by Gasteiger charge is 2.55. The van der Waals surface area contributed by atoms with Crippen molar-refractivity contribution in [3.8, 4) is 0 Å². The normalized spacial score (nSPS) is 18.6. The number of nitrogens with one attached hydrogen (secondary N) is 1. The Hall–Kier alpha value is -2.52. The van der Waals surface area contributed by atoms with Crippen LogP contribution in [0.15, 0.2) is 91.0 Å². The summed E-state index contributed by atoms with van der Waals surface area (Å²) < 4.78 is 0. The number of hydrogen-bond donors (Lipinski definition) is 1. The van der Waals surface area contributed by atoms with Crippen molar-refractivity contribution in [3.63, 3.8) is 0 Å². The summed E-state index contributed by atoms with van der Waals surface area (Å²) in [5.74, 6) is 0. The lowest BCUT2D eigenvalue weighted by Gasteiger charge is -2.50. The van der Waals surface area contributed by atoms with Crippen molar-refractivity contribution in [2.75, 3.05) is 0 Å². The van der Waals surface area contributed by atoms with Gasteiger partial charge in [0.2, 0.25) is 7.26 Å². The van der Waals surface area contributed by atoms with Crippen molar-refractivity contribution in [1.29, 1.82) is 0 Å². The summed E-state index contributed by atoms with van der Waals surface area (Å²) in [4.78, 5) is 14.5. The van der Waals surface area contributed by atoms with E-state index in [1.807, 2.05) is 82.3 Å². The van der Waals surface area contributed by atoms with Crippen LogP contribution in [0.25, 0.3) is 0 Å². The highest BCUT2D eigenvalue weighted by molar-refractivity contribution is 8.08. The van der Waals surface area contributed by atoms with Gasteiger partial charge < -0.3 is 5.32 Å². The molecular formula is C28H33N2O2P+. The number of piperidine rings is 1. The maximum atomic E-state index is 14.5. The van der Waals surface area contributed by atoms with Crippen LogP contribution >= 0.6 is 7.26 Å². The second-order valence-electron chi connectivity index (χ2n) is 10.2. The molecule has 3 aromatic carbocycles. The molecular weight excluding hydrogens is 427 g/mol. The zero-order valence-electron chi connectivity index (χ0n) is 19.9. The van der Waals surface area contributed by atoms with Crippen LogP contribution in [0.5, 0.6) is 0 Å². The molecule has 0 atom stereocenters. The Morgan fingerprint density at radius 2 is 1.06 bits per heavy atom. The van der Waals surface area contributed by atoms with Crippen LogP contribution in [0, 0.1) is 0 Å². The molecule has 0 aromatic heterocycles. The molecule has 0 saturated carbocycles. The number of hydroxylamine groups is 2. The van der Waals surface area contributed by atoms with E-state index in [1.165, 1.54) is 5.06 Å². The minimum atomic E-state index is -2.65. The molecule has 1 fully saturated rings. The molecule has 5 heteroatoms. The first-order chi connectivity index (χ1) is 15.7. The Morgan fingerprint density at radius 3 is 1.39 bits per heavy atom. The number of hydrogen-bond acceptors (Lipinski definition) is 2. The highest BCUT2D eigenvalue weighted by Crippen LogP contribution is 2.56. The molecule has 1 amide bonds. The Kier molecular flexibility index (Phi) is 6.46. The van der Waals surface area contributed by atoms with E-state index in [0.29, 0.717) is 12.8 Å². The predicted octanol–water partition coefficient (Wildman–Crippen LogP) is 5.06. The minimum absolute atomic E-state index is 0.0436. The quantitative estimate of drug-likeness (QED) is 0.542. The van der Waals surface area contributed by atoms with Crippen LogP contribution in [-0.4, -0.2) is 27.8 Å². The average molecular weight is 461 g/mol. The summed E-state index contributed by atoms with van der Waals surface area (Å²) in [5, 5.41) is 20.6. The van der Waals surface area contributed by atoms with Crippen LogP contribution in [0.4, 0.5) is 4.79 Å². The fourth-order valence-corrected chi connectivity index (χ4v) is 9.22. The highest BCUT2D eigenvalue weighted by atomic mass is 31.2. The third-order valence-corrected chi connectivity index (χ3v) is 10.6. The second-order valence-corrected chi connectivity index (χ2v) is 13.4. The van der Waals surface area contributed by atoms with Crippen molar-refractivity contribution in [2.45, 2.75) is 57.7 Å². The van der Waals surface area contributed by atoms with E-state index < -0.39 is 18.3 Å². The summed E-state index contributed by atoms with van der Waals surface area (Å²) in [6.07, 6.45) is 1.23. The molecule has 3 aromatic rings. The number of carbonyl (C=O) groups excluding carboxylic acids is 1. The topological polar surface area (TPSA) is 52.2 Å². The first-order valence-corrected chi connectivity index (χ1v) is 13.3. The third-order valence-electron chi connectivity index (χ3n) is 6.65. The van der Waals surface area contributed by atoms with Crippen molar-refractivity contribution in [3.05, 3.63) is 91.0 Å². The molecule has 171 valence electrons. The summed E-state index contributed by atoms with van der Waals surface area (Å²) in [6.45, 7) is 7.87. The Labute approximate surface area is 197 Å². The van der Waals surface area contributed by atoms with E-state index in [-0.39, 0.29) is 11.7 Å². The molecule has 1 radical (unpaired) electrons. The summed E-state index contributed by atoms with van der Waals surface area (Å²) in [7, 11) is -2.65. The number of nitrogens with zero attached hydrogens (tertiary/aromatic N) is 1. The Morgan fingerprint density at radius 1 is 0.727 bits per heavy atom. The van der Waals surface area contributed by atoms with Crippen molar-refractivity contribution >= 4 is 28.8 Å². The van der Waals surface area contributed by atoms with Gasteiger partial charge in [-0.15, -0.1) is 10.3 Å². The molecule has 1 heterocycles. The molecule has 0 unspecified atom stereocenters. The number of rotatable bonds is 5. The summed E-state index contributed by atoms with van der Waals surface area (Å²) >= 11 is 0. The van der Waals surface area contributed by atoms with Gasteiger partial charge in [-0.1, -0.05) is 54.6 Å². The van der Waals surface area contributed by atoms with Crippen LogP contribution in [0.2, 0.25) is 0 Å². The van der Waals surface area contributed by atoms with Crippen molar-refractivity contribution < 1.29 is 10.0 Å². The lowest BCUT2D eigenvalue weighted by molar-refractivity contribution is -0.289. The van der Waals surface area contributed by atoms with Gasteiger partial charge in [-0.2, -0.15) is 0 Å². The first kappa shape index (κ1) is 23.6. The molecule has 1 aliphatic rings. The number of benzene rings is 3. The van der Waals surface area contributed by atoms with Crippen LogP contribution in [0.1, 0.15) is 40.5 Å². The van der Waals surface area contributed by atoms with Crippen molar-refractivity contribution in [2.24, 2.45) is 0 Å². The SMILES string of the molecule is CC1(C)CC(NC(=O)[P+](c2ccccc2)(c2ccccc2)c2ccccc2)CC(C)(C)N1[O]. The predicted molar refractivity (Wildman–Crippen MR) is 137 cm³/mol. The van der Waals surface area contributed by atoms with E-state index in [0.717, 1.165) is 15.9 Å². The van der Waals surface area contributed by atoms with Crippen LogP contribution in [0.3, 0.4) is 0 Å². The Balaban J connectivity index is 1.84. The van der Waals surface area contributed by atoms with Gasteiger partial charge in [-0.05, 0) is 76.9 Å². The minimum Gasteiger partial charge on any atom is -0.319 e. The molecule has 1 aliphatic heterocycles. The van der Waals surface area contributed by atoms with E-state index in [9.17, 15) is 10.0 Å². The van der Waals surface area contributed by atoms with Gasteiger partial charge in [0.1, 0.15) is 15.9 Å². The maximum absolute atomic E-state index is 14.5. The zero-order valence-corrected chi connectivity index (χ0v) is 20.8. The van der Waals surface area contributed by atoms with Gasteiger partial charge in [0.15, 0.2) is 0 Å². The van der Waals surface area contributed by atoms with Crippen LogP contribution in [-0.2, 0) is 5.21 Å². The number of carbonyl (C=O) groups is 1. The summed E-state index contributed by atoms with van der Waals surface area (Å²) in [6, 6.07) is 30.3. The average Bonchev–Trinajstić information content (AvgIpc) is 2.80. The third kappa shape index (κ3) is 4.36. The van der Waals surface area contributed by atoms with Gasteiger partial charge in [0, 0.05) is 17.1 Å². The monoisotopic (exact) mass is 460 g/mol. The Bertz CT molecular complexity index is 970. The van der Waals surface area contributed by atoms with Crippen LogP contribution < -0.4 is 21.2 Å². The standard InChI is InChI=1S/C28H32N2O2P/c1-27(2)20-22(21-28(3,4)30(27)32)29-26(31)33(23-14-8-5-9-15-23,24-16-10-6-11-17-24)25-18-12-7-13-19-25/h5-19,22H,20-21H2,1-4H3/p+1. The van der Waals surface area contributed by atoms with E-state index in [2.05, 4.69) is 41.7 Å². The molecule has 33 heavy (non-hydrogen) atoms. The number of amides is 1. The fourth-order valence-electron chi connectivity index (χ4n) is 5.39. The smallest absolute Gasteiger partial charge is 0.319 e. The van der Waals surface area contributed by atoms with Gasteiger partial charge in [0.25, 0.3) is 0 Å². The van der Waals surface area contributed by atoms with Crippen molar-refractivity contribution in [1.82, 2.24) is 10.4 Å². The largest absolute Gasteiger partial charge is 0.375 e. The lowest BCUT2D eigenvalue weighted by Crippen LogP contribution is -2.62. The molecule has 4 rings (SSSR count). The molecule has 0 spiro atoms. The van der Waals surface area contributed by atoms with E-state index in [4.69, 9.17) is 0 Å². The van der Waals surface area contributed by atoms with Gasteiger partial charge in [0.05, 0.1) is 0 Å². The van der Waals surface area contributed by atoms with Gasteiger partial charge in [-0.25, -0.2) is 4.79 Å².